The second-order valence-electron chi connectivity index (χ2n) is 6.74. The minimum Gasteiger partial charge on any atom is -0.338 e. The predicted molar refractivity (Wildman–Crippen MR) is 83.4 cm³/mol. The quantitative estimate of drug-likeness (QED) is 0.842. The van der Waals surface area contributed by atoms with E-state index in [-0.39, 0.29) is 0 Å². The van der Waals surface area contributed by atoms with E-state index in [1.165, 1.54) is 41.8 Å². The molecular weight excluding hydrogens is 258 g/mol. The van der Waals surface area contributed by atoms with Crippen LogP contribution in [0.5, 0.6) is 0 Å². The van der Waals surface area contributed by atoms with E-state index < -0.39 is 0 Å². The Bertz CT molecular complexity index is 710. The molecule has 3 atom stereocenters. The molecule has 21 heavy (non-hydrogen) atoms. The Labute approximate surface area is 125 Å². The molecule has 1 aliphatic heterocycles. The highest BCUT2D eigenvalue weighted by Gasteiger charge is 2.48. The van der Waals surface area contributed by atoms with Crippen molar-refractivity contribution in [2.75, 3.05) is 11.4 Å². The van der Waals surface area contributed by atoms with Gasteiger partial charge in [0.1, 0.15) is 0 Å². The zero-order valence-corrected chi connectivity index (χ0v) is 12.3. The molecule has 0 unspecified atom stereocenters. The maximum atomic E-state index is 4.96. The summed E-state index contributed by atoms with van der Waals surface area (Å²) in [7, 11) is 0. The summed E-state index contributed by atoms with van der Waals surface area (Å²) in [4.78, 5) is 12.3. The van der Waals surface area contributed by atoms with Gasteiger partial charge in [0.15, 0.2) is 0 Å². The minimum absolute atomic E-state index is 0.586. The summed E-state index contributed by atoms with van der Waals surface area (Å²) < 4.78 is 0. The molecule has 1 saturated heterocycles. The monoisotopic (exact) mass is 277 g/mol. The van der Waals surface area contributed by atoms with Crippen molar-refractivity contribution >= 4 is 5.95 Å². The highest BCUT2D eigenvalue weighted by Crippen LogP contribution is 2.57. The predicted octanol–water partition coefficient (Wildman–Crippen LogP) is 3.40. The molecule has 1 aromatic heterocycles. The van der Waals surface area contributed by atoms with Crippen LogP contribution >= 0.6 is 0 Å². The molecule has 0 N–H and O–H groups in total. The van der Waals surface area contributed by atoms with Gasteiger partial charge in [-0.05, 0) is 32.1 Å². The van der Waals surface area contributed by atoms with Crippen molar-refractivity contribution in [3.8, 4) is 11.3 Å². The molecule has 0 spiro atoms. The van der Waals surface area contributed by atoms with Crippen LogP contribution < -0.4 is 4.90 Å². The van der Waals surface area contributed by atoms with E-state index >= 15 is 0 Å². The van der Waals surface area contributed by atoms with Gasteiger partial charge in [0.2, 0.25) is 5.95 Å². The number of rotatable bonds is 2. The first kappa shape index (κ1) is 11.7. The molecule has 0 radical (unpaired) electrons. The summed E-state index contributed by atoms with van der Waals surface area (Å²) in [5.74, 6) is 2.53. The van der Waals surface area contributed by atoms with Crippen LogP contribution in [0.3, 0.4) is 0 Å². The molecule has 2 fully saturated rings. The molecule has 3 nitrogen and oxygen atoms in total. The van der Waals surface area contributed by atoms with Gasteiger partial charge in [0.05, 0.1) is 11.4 Å². The van der Waals surface area contributed by atoms with E-state index in [0.717, 1.165) is 24.3 Å². The smallest absolute Gasteiger partial charge is 0.226 e. The average molecular weight is 277 g/mol. The molecule has 2 heterocycles. The van der Waals surface area contributed by atoms with Crippen LogP contribution in [0.15, 0.2) is 30.3 Å². The van der Waals surface area contributed by atoms with Gasteiger partial charge in [-0.15, -0.1) is 0 Å². The van der Waals surface area contributed by atoms with Crippen molar-refractivity contribution in [1.82, 2.24) is 9.97 Å². The van der Waals surface area contributed by atoms with Crippen LogP contribution in [-0.4, -0.2) is 22.6 Å². The average Bonchev–Trinajstić information content (AvgIpc) is 3.19. The Morgan fingerprint density at radius 1 is 1.14 bits per heavy atom. The van der Waals surface area contributed by atoms with E-state index in [4.69, 9.17) is 9.97 Å². The largest absolute Gasteiger partial charge is 0.338 e. The summed E-state index contributed by atoms with van der Waals surface area (Å²) >= 11 is 0. The third-order valence-corrected chi connectivity index (χ3v) is 5.39. The molecule has 2 aromatic rings. The first-order valence-electron chi connectivity index (χ1n) is 8.04. The number of fused-ring (bicyclic) bond motifs is 3. The van der Waals surface area contributed by atoms with E-state index in [0.29, 0.717) is 6.04 Å². The molecule has 3 aliphatic rings. The number of nitrogens with zero attached hydrogens (tertiary/aromatic N) is 3. The lowest BCUT2D eigenvalue weighted by Gasteiger charge is -2.39. The molecular formula is C18H19N3. The van der Waals surface area contributed by atoms with Crippen molar-refractivity contribution in [2.24, 2.45) is 5.92 Å². The fourth-order valence-corrected chi connectivity index (χ4v) is 3.84. The van der Waals surface area contributed by atoms with Crippen LogP contribution in [0.1, 0.15) is 36.9 Å². The molecule has 1 saturated carbocycles. The third-order valence-electron chi connectivity index (χ3n) is 5.39. The number of hydrogen-bond donors (Lipinski definition) is 0. The van der Waals surface area contributed by atoms with Gasteiger partial charge < -0.3 is 4.90 Å². The third kappa shape index (κ3) is 1.66. The van der Waals surface area contributed by atoms with Crippen LogP contribution in [0.25, 0.3) is 11.3 Å². The van der Waals surface area contributed by atoms with Crippen LogP contribution in [0.4, 0.5) is 5.95 Å². The van der Waals surface area contributed by atoms with Gasteiger partial charge in [0.25, 0.3) is 0 Å². The van der Waals surface area contributed by atoms with E-state index in [9.17, 15) is 0 Å². The Morgan fingerprint density at radius 3 is 2.71 bits per heavy atom. The van der Waals surface area contributed by atoms with Gasteiger partial charge in [-0.1, -0.05) is 30.3 Å². The highest BCUT2D eigenvalue weighted by molar-refractivity contribution is 5.68. The minimum atomic E-state index is 0.586. The van der Waals surface area contributed by atoms with Gasteiger partial charge in [-0.2, -0.15) is 0 Å². The summed E-state index contributed by atoms with van der Waals surface area (Å²) in [6.45, 7) is 3.37. The second kappa shape index (κ2) is 4.06. The van der Waals surface area contributed by atoms with E-state index in [2.05, 4.69) is 42.2 Å². The normalized spacial score (nSPS) is 28.8. The summed E-state index contributed by atoms with van der Waals surface area (Å²) in [6.07, 6.45) is 3.78. The van der Waals surface area contributed by atoms with Crippen molar-refractivity contribution in [1.29, 1.82) is 0 Å². The Kier molecular flexibility index (Phi) is 2.27. The van der Waals surface area contributed by atoms with Crippen LogP contribution in [0.2, 0.25) is 0 Å². The fraction of sp³-hybridized carbons (Fsp3) is 0.444. The van der Waals surface area contributed by atoms with Crippen molar-refractivity contribution in [3.63, 3.8) is 0 Å². The molecule has 0 bridgehead atoms. The molecule has 3 heteroatoms. The lowest BCUT2D eigenvalue weighted by molar-refractivity contribution is 0.470. The molecule has 0 amide bonds. The van der Waals surface area contributed by atoms with E-state index in [1.54, 1.807) is 0 Å². The topological polar surface area (TPSA) is 29.0 Å². The first-order chi connectivity index (χ1) is 10.3. The zero-order chi connectivity index (χ0) is 14.0. The summed E-state index contributed by atoms with van der Waals surface area (Å²) in [6, 6.07) is 11.2. The lowest BCUT2D eigenvalue weighted by atomic mass is 10.0. The van der Waals surface area contributed by atoms with Crippen molar-refractivity contribution < 1.29 is 0 Å². The lowest BCUT2D eigenvalue weighted by Crippen LogP contribution is -2.46. The molecule has 1 aromatic carbocycles. The zero-order valence-electron chi connectivity index (χ0n) is 12.3. The molecule has 2 aliphatic carbocycles. The fourth-order valence-electron chi connectivity index (χ4n) is 3.84. The highest BCUT2D eigenvalue weighted by atomic mass is 15.3. The number of hydrogen-bond acceptors (Lipinski definition) is 3. The second-order valence-corrected chi connectivity index (χ2v) is 6.74. The summed E-state index contributed by atoms with van der Waals surface area (Å²) in [5.41, 5.74) is 5.19. The molecule has 5 rings (SSSR count). The Hall–Kier alpha value is -1.90. The van der Waals surface area contributed by atoms with Gasteiger partial charge in [-0.25, -0.2) is 9.97 Å². The maximum absolute atomic E-state index is 4.96. The number of aromatic nitrogens is 2. The number of benzene rings is 1. The Morgan fingerprint density at radius 2 is 2.00 bits per heavy atom. The van der Waals surface area contributed by atoms with Crippen LogP contribution in [0, 0.1) is 5.92 Å². The SMILES string of the molecule is C[C@H]1CCN1c1nc(-c2ccccc2)c2c(n1)[C@@H]1C[C@@H]1C2. The standard InChI is InChI=1S/C18H19N3/c1-11-7-8-21(11)18-19-16(12-5-3-2-4-6-12)15-10-13-9-14(13)17(15)20-18/h2-6,11,13-14H,7-10H2,1H3/t11-,13+,14+/m0/s1. The van der Waals surface area contributed by atoms with Gasteiger partial charge >= 0.3 is 0 Å². The van der Waals surface area contributed by atoms with Gasteiger partial charge in [-0.3, -0.25) is 0 Å². The van der Waals surface area contributed by atoms with Crippen molar-refractivity contribution in [3.05, 3.63) is 41.6 Å². The summed E-state index contributed by atoms with van der Waals surface area (Å²) in [5, 5.41) is 0. The molecule has 106 valence electrons. The van der Waals surface area contributed by atoms with Crippen molar-refractivity contribution in [2.45, 2.75) is 38.1 Å². The maximum Gasteiger partial charge on any atom is 0.226 e. The van der Waals surface area contributed by atoms with E-state index in [1.807, 2.05) is 0 Å². The van der Waals surface area contributed by atoms with Crippen LogP contribution in [-0.2, 0) is 6.42 Å². The first-order valence-corrected chi connectivity index (χ1v) is 8.04. The Balaban J connectivity index is 1.68. The number of anilines is 1. The van der Waals surface area contributed by atoms with Gasteiger partial charge in [0, 0.05) is 29.6 Å².